The molecule has 0 fully saturated rings. The summed E-state index contributed by atoms with van der Waals surface area (Å²) in [5, 5.41) is 9.20. The highest BCUT2D eigenvalue weighted by atomic mass is 19.1. The summed E-state index contributed by atoms with van der Waals surface area (Å²) in [5.74, 6) is -0.0506. The van der Waals surface area contributed by atoms with Crippen LogP contribution in [0.25, 0.3) is 0 Å². The zero-order valence-electron chi connectivity index (χ0n) is 7.08. The predicted octanol–water partition coefficient (Wildman–Crippen LogP) is 1.61. The van der Waals surface area contributed by atoms with Crippen LogP contribution in [-0.2, 0) is 0 Å². The van der Waals surface area contributed by atoms with Gasteiger partial charge in [-0.2, -0.15) is 0 Å². The maximum Gasteiger partial charge on any atom is 0.231 e. The summed E-state index contributed by atoms with van der Waals surface area (Å²) >= 11 is 0. The molecule has 0 bridgehead atoms. The van der Waals surface area contributed by atoms with Crippen LogP contribution in [0.3, 0.4) is 0 Å². The molecule has 70 valence electrons. The molecule has 1 aliphatic rings. The highest BCUT2D eigenvalue weighted by Gasteiger charge is 2.22. The summed E-state index contributed by atoms with van der Waals surface area (Å²) in [5.41, 5.74) is 0.226. The Kier molecular flexibility index (Phi) is 1.84. The van der Waals surface area contributed by atoms with Crippen molar-refractivity contribution in [2.24, 2.45) is 0 Å². The maximum atomic E-state index is 13.5. The van der Waals surface area contributed by atoms with Gasteiger partial charge in [0, 0.05) is 5.56 Å². The van der Waals surface area contributed by atoms with E-state index in [0.29, 0.717) is 5.75 Å². The van der Waals surface area contributed by atoms with Crippen molar-refractivity contribution in [1.29, 1.82) is 0 Å². The summed E-state index contributed by atoms with van der Waals surface area (Å²) in [6.07, 6.45) is -0.838. The predicted molar refractivity (Wildman–Crippen MR) is 43.2 cm³/mol. The molecule has 3 nitrogen and oxygen atoms in total. The molecule has 1 aromatic rings. The van der Waals surface area contributed by atoms with Crippen LogP contribution in [0.4, 0.5) is 4.39 Å². The lowest BCUT2D eigenvalue weighted by atomic mass is 10.1. The van der Waals surface area contributed by atoms with Crippen LogP contribution in [0.1, 0.15) is 18.6 Å². The number of ether oxygens (including phenoxy) is 2. The quantitative estimate of drug-likeness (QED) is 0.720. The molecule has 4 heteroatoms. The molecule has 0 aliphatic carbocycles. The average molecular weight is 184 g/mol. The van der Waals surface area contributed by atoms with Gasteiger partial charge in [0.25, 0.3) is 0 Å². The minimum absolute atomic E-state index is 0.0372. The molecule has 0 aromatic heterocycles. The SMILES string of the molecule is CC(O)c1ccc2c(c1F)OCO2. The molecule has 13 heavy (non-hydrogen) atoms. The number of rotatable bonds is 1. The normalized spacial score (nSPS) is 15.9. The molecule has 0 saturated carbocycles. The molecule has 1 heterocycles. The molecule has 1 atom stereocenters. The van der Waals surface area contributed by atoms with Crippen molar-refractivity contribution >= 4 is 0 Å². The zero-order chi connectivity index (χ0) is 9.42. The van der Waals surface area contributed by atoms with Gasteiger partial charge in [0.15, 0.2) is 11.6 Å². The Morgan fingerprint density at radius 1 is 1.46 bits per heavy atom. The van der Waals surface area contributed by atoms with Gasteiger partial charge in [0.2, 0.25) is 12.5 Å². The number of fused-ring (bicyclic) bond motifs is 1. The maximum absolute atomic E-state index is 13.5. The first-order valence-electron chi connectivity index (χ1n) is 3.96. The average Bonchev–Trinajstić information content (AvgIpc) is 2.52. The van der Waals surface area contributed by atoms with Gasteiger partial charge in [-0.1, -0.05) is 0 Å². The minimum Gasteiger partial charge on any atom is -0.453 e. The zero-order valence-corrected chi connectivity index (χ0v) is 7.08. The molecule has 1 N–H and O–H groups in total. The van der Waals surface area contributed by atoms with Gasteiger partial charge in [-0.15, -0.1) is 0 Å². The van der Waals surface area contributed by atoms with Crippen LogP contribution in [0.5, 0.6) is 11.5 Å². The summed E-state index contributed by atoms with van der Waals surface area (Å²) in [7, 11) is 0. The van der Waals surface area contributed by atoms with E-state index in [9.17, 15) is 9.50 Å². The third-order valence-corrected chi connectivity index (χ3v) is 1.96. The highest BCUT2D eigenvalue weighted by molar-refractivity contribution is 5.46. The molecule has 0 saturated heterocycles. The van der Waals surface area contributed by atoms with Gasteiger partial charge in [-0.05, 0) is 19.1 Å². The summed E-state index contributed by atoms with van der Waals surface area (Å²) in [4.78, 5) is 0. The topological polar surface area (TPSA) is 38.7 Å². The van der Waals surface area contributed by atoms with E-state index in [1.54, 1.807) is 6.07 Å². The van der Waals surface area contributed by atoms with E-state index >= 15 is 0 Å². The standard InChI is InChI=1S/C9H9FO3/c1-5(11)6-2-3-7-9(8(6)10)13-4-12-7/h2-3,5,11H,4H2,1H3. The number of aliphatic hydroxyl groups excluding tert-OH is 1. The van der Waals surface area contributed by atoms with Crippen molar-refractivity contribution in [1.82, 2.24) is 0 Å². The van der Waals surface area contributed by atoms with E-state index in [1.807, 2.05) is 0 Å². The summed E-state index contributed by atoms with van der Waals surface area (Å²) in [6, 6.07) is 3.08. The monoisotopic (exact) mass is 184 g/mol. The summed E-state index contributed by atoms with van der Waals surface area (Å²) in [6.45, 7) is 1.54. The Labute approximate surface area is 74.7 Å². The van der Waals surface area contributed by atoms with E-state index in [2.05, 4.69) is 0 Å². The Bertz CT molecular complexity index is 336. The smallest absolute Gasteiger partial charge is 0.231 e. The van der Waals surface area contributed by atoms with Gasteiger partial charge >= 0.3 is 0 Å². The van der Waals surface area contributed by atoms with Crippen LogP contribution in [0, 0.1) is 5.82 Å². The number of aliphatic hydroxyl groups is 1. The van der Waals surface area contributed by atoms with E-state index in [1.165, 1.54) is 13.0 Å². The van der Waals surface area contributed by atoms with Crippen molar-refractivity contribution in [3.8, 4) is 11.5 Å². The molecule has 0 spiro atoms. The van der Waals surface area contributed by atoms with Gasteiger partial charge in [-0.3, -0.25) is 0 Å². The number of benzene rings is 1. The lowest BCUT2D eigenvalue weighted by Crippen LogP contribution is -1.97. The third-order valence-electron chi connectivity index (χ3n) is 1.96. The Morgan fingerprint density at radius 3 is 2.92 bits per heavy atom. The highest BCUT2D eigenvalue weighted by Crippen LogP contribution is 2.37. The lowest BCUT2D eigenvalue weighted by molar-refractivity contribution is 0.168. The second-order valence-electron chi connectivity index (χ2n) is 2.88. The van der Waals surface area contributed by atoms with Crippen molar-refractivity contribution in [2.75, 3.05) is 6.79 Å². The fourth-order valence-corrected chi connectivity index (χ4v) is 1.28. The number of hydrogen-bond acceptors (Lipinski definition) is 3. The van der Waals surface area contributed by atoms with Crippen molar-refractivity contribution in [3.05, 3.63) is 23.5 Å². The van der Waals surface area contributed by atoms with Crippen LogP contribution in [-0.4, -0.2) is 11.9 Å². The molecular weight excluding hydrogens is 175 g/mol. The number of halogens is 1. The van der Waals surface area contributed by atoms with Crippen molar-refractivity contribution < 1.29 is 19.0 Å². The first-order valence-corrected chi connectivity index (χ1v) is 3.96. The van der Waals surface area contributed by atoms with E-state index in [4.69, 9.17) is 9.47 Å². The van der Waals surface area contributed by atoms with Gasteiger partial charge in [-0.25, -0.2) is 4.39 Å². The van der Waals surface area contributed by atoms with Gasteiger partial charge in [0.1, 0.15) is 0 Å². The summed E-state index contributed by atoms with van der Waals surface area (Å²) < 4.78 is 23.3. The first-order chi connectivity index (χ1) is 6.20. The molecule has 0 radical (unpaired) electrons. The molecule has 1 aliphatic heterocycles. The number of hydrogen-bond donors (Lipinski definition) is 1. The van der Waals surface area contributed by atoms with E-state index < -0.39 is 11.9 Å². The minimum atomic E-state index is -0.838. The van der Waals surface area contributed by atoms with E-state index in [0.717, 1.165) is 0 Å². The van der Waals surface area contributed by atoms with Crippen LogP contribution < -0.4 is 9.47 Å². The van der Waals surface area contributed by atoms with Crippen molar-refractivity contribution in [2.45, 2.75) is 13.0 Å². The fraction of sp³-hybridized carbons (Fsp3) is 0.333. The first kappa shape index (κ1) is 8.31. The van der Waals surface area contributed by atoms with Crippen LogP contribution in [0.2, 0.25) is 0 Å². The fourth-order valence-electron chi connectivity index (χ4n) is 1.28. The third kappa shape index (κ3) is 1.23. The molecular formula is C9H9FO3. The molecule has 2 rings (SSSR count). The van der Waals surface area contributed by atoms with Crippen LogP contribution >= 0.6 is 0 Å². The second-order valence-corrected chi connectivity index (χ2v) is 2.88. The van der Waals surface area contributed by atoms with Crippen LogP contribution in [0.15, 0.2) is 12.1 Å². The molecule has 1 unspecified atom stereocenters. The van der Waals surface area contributed by atoms with Crippen molar-refractivity contribution in [3.63, 3.8) is 0 Å². The largest absolute Gasteiger partial charge is 0.453 e. The van der Waals surface area contributed by atoms with Gasteiger partial charge < -0.3 is 14.6 Å². The Balaban J connectivity index is 2.52. The van der Waals surface area contributed by atoms with E-state index in [-0.39, 0.29) is 18.1 Å². The molecule has 0 amide bonds. The van der Waals surface area contributed by atoms with Gasteiger partial charge in [0.05, 0.1) is 6.10 Å². The Hall–Kier alpha value is -1.29. The molecule has 1 aromatic carbocycles. The lowest BCUT2D eigenvalue weighted by Gasteiger charge is -2.07. The Morgan fingerprint density at radius 2 is 2.23 bits per heavy atom. The second kappa shape index (κ2) is 2.88.